The highest BCUT2D eigenvalue weighted by molar-refractivity contribution is 5.69. The molecule has 1 aliphatic rings. The number of benzene rings is 1. The van der Waals surface area contributed by atoms with E-state index in [9.17, 15) is 14.4 Å². The van der Waals surface area contributed by atoms with Crippen LogP contribution in [0.1, 0.15) is 46.1 Å². The molecule has 176 valence electrons. The summed E-state index contributed by atoms with van der Waals surface area (Å²) < 4.78 is 25.9. The standard InChI is InChI=1S/C23H29FN6O3/c1-5-26-18-11-19(17(24)10-15(18)13-25)29-20-12-21(28-14-27-20)32-16-6-8-30(9-7-16)22(31)33-23(2,3)4/h10-12,14,16,26H,5-9H2,1-4H3,(H,27,28,29). The van der Waals surface area contributed by atoms with Gasteiger partial charge in [0.2, 0.25) is 5.88 Å². The molecule has 2 heterocycles. The van der Waals surface area contributed by atoms with Crippen molar-refractivity contribution in [1.29, 1.82) is 5.26 Å². The van der Waals surface area contributed by atoms with Crippen LogP contribution in [0.15, 0.2) is 24.5 Å². The number of ether oxygens (including phenoxy) is 2. The van der Waals surface area contributed by atoms with Crippen molar-refractivity contribution in [3.63, 3.8) is 0 Å². The number of carbonyl (C=O) groups is 1. The fourth-order valence-electron chi connectivity index (χ4n) is 3.36. The number of rotatable bonds is 6. The highest BCUT2D eigenvalue weighted by Gasteiger charge is 2.28. The molecule has 0 bridgehead atoms. The fourth-order valence-corrected chi connectivity index (χ4v) is 3.36. The highest BCUT2D eigenvalue weighted by Crippen LogP contribution is 2.27. The molecule has 0 atom stereocenters. The van der Waals surface area contributed by atoms with Gasteiger partial charge in [0, 0.05) is 38.5 Å². The van der Waals surface area contributed by atoms with E-state index < -0.39 is 11.4 Å². The summed E-state index contributed by atoms with van der Waals surface area (Å²) in [6.45, 7) is 9.06. The number of hydrogen-bond donors (Lipinski definition) is 2. The zero-order valence-corrected chi connectivity index (χ0v) is 19.3. The first-order valence-corrected chi connectivity index (χ1v) is 10.9. The van der Waals surface area contributed by atoms with Crippen molar-refractivity contribution < 1.29 is 18.7 Å². The smallest absolute Gasteiger partial charge is 0.410 e. The fraction of sp³-hybridized carbons (Fsp3) is 0.478. The molecule has 2 N–H and O–H groups in total. The van der Waals surface area contributed by atoms with Gasteiger partial charge in [-0.25, -0.2) is 19.2 Å². The lowest BCUT2D eigenvalue weighted by Gasteiger charge is -2.33. The maximum absolute atomic E-state index is 14.5. The van der Waals surface area contributed by atoms with E-state index in [2.05, 4.69) is 20.6 Å². The van der Waals surface area contributed by atoms with Crippen LogP contribution in [-0.2, 0) is 4.74 Å². The van der Waals surface area contributed by atoms with Gasteiger partial charge >= 0.3 is 6.09 Å². The topological polar surface area (TPSA) is 112 Å². The van der Waals surface area contributed by atoms with Crippen LogP contribution >= 0.6 is 0 Å². The first kappa shape index (κ1) is 24.0. The number of amides is 1. The number of halogens is 1. The maximum Gasteiger partial charge on any atom is 0.410 e. The summed E-state index contributed by atoms with van der Waals surface area (Å²) in [7, 11) is 0. The third-order valence-electron chi connectivity index (χ3n) is 4.88. The van der Waals surface area contributed by atoms with E-state index in [1.807, 2.05) is 33.8 Å². The van der Waals surface area contributed by atoms with E-state index >= 15 is 0 Å². The number of likely N-dealkylation sites (tertiary alicyclic amines) is 1. The third-order valence-corrected chi connectivity index (χ3v) is 4.88. The summed E-state index contributed by atoms with van der Waals surface area (Å²) >= 11 is 0. The van der Waals surface area contributed by atoms with Crippen molar-refractivity contribution in [2.75, 3.05) is 30.3 Å². The Balaban J connectivity index is 1.62. The van der Waals surface area contributed by atoms with Crippen LogP contribution in [0, 0.1) is 17.1 Å². The van der Waals surface area contributed by atoms with Gasteiger partial charge in [0.15, 0.2) is 0 Å². The first-order valence-electron chi connectivity index (χ1n) is 10.9. The summed E-state index contributed by atoms with van der Waals surface area (Å²) in [5, 5.41) is 15.2. The van der Waals surface area contributed by atoms with Crippen molar-refractivity contribution >= 4 is 23.3 Å². The van der Waals surface area contributed by atoms with Crippen LogP contribution in [0.4, 0.5) is 26.4 Å². The SMILES string of the molecule is CCNc1cc(Nc2cc(OC3CCN(C(=O)OC(C)(C)C)CC3)ncn2)c(F)cc1C#N. The van der Waals surface area contributed by atoms with Crippen LogP contribution < -0.4 is 15.4 Å². The number of nitriles is 1. The van der Waals surface area contributed by atoms with E-state index in [0.717, 1.165) is 0 Å². The van der Waals surface area contributed by atoms with Crippen LogP contribution in [0.25, 0.3) is 0 Å². The molecule has 1 aromatic carbocycles. The second kappa shape index (κ2) is 10.3. The molecule has 33 heavy (non-hydrogen) atoms. The van der Waals surface area contributed by atoms with Crippen LogP contribution in [0.5, 0.6) is 5.88 Å². The highest BCUT2D eigenvalue weighted by atomic mass is 19.1. The van der Waals surface area contributed by atoms with Gasteiger partial charge in [-0.15, -0.1) is 0 Å². The predicted octanol–water partition coefficient (Wildman–Crippen LogP) is 4.44. The van der Waals surface area contributed by atoms with Gasteiger partial charge in [0.1, 0.15) is 35.7 Å². The van der Waals surface area contributed by atoms with Gasteiger partial charge in [-0.3, -0.25) is 0 Å². The Kier molecular flexibility index (Phi) is 7.53. The van der Waals surface area contributed by atoms with Gasteiger partial charge in [0.05, 0.1) is 16.9 Å². The van der Waals surface area contributed by atoms with Crippen molar-refractivity contribution in [3.8, 4) is 11.9 Å². The zero-order chi connectivity index (χ0) is 24.0. The van der Waals surface area contributed by atoms with Crippen LogP contribution in [0.2, 0.25) is 0 Å². The number of nitrogens with zero attached hydrogens (tertiary/aromatic N) is 4. The lowest BCUT2D eigenvalue weighted by Crippen LogP contribution is -2.44. The Hall–Kier alpha value is -3.61. The van der Waals surface area contributed by atoms with Gasteiger partial charge in [-0.1, -0.05) is 0 Å². The summed E-state index contributed by atoms with van der Waals surface area (Å²) in [6.07, 6.45) is 2.18. The molecule has 3 rings (SSSR count). The molecule has 0 radical (unpaired) electrons. The number of anilines is 3. The Labute approximate surface area is 192 Å². The normalized spacial score (nSPS) is 14.4. The minimum atomic E-state index is -0.566. The van der Waals surface area contributed by atoms with Crippen LogP contribution in [0.3, 0.4) is 0 Å². The molecule has 1 fully saturated rings. The zero-order valence-electron chi connectivity index (χ0n) is 19.3. The van der Waals surface area contributed by atoms with Gasteiger partial charge in [-0.05, 0) is 39.8 Å². The molecular weight excluding hydrogens is 427 g/mol. The average molecular weight is 457 g/mol. The average Bonchev–Trinajstić information content (AvgIpc) is 2.75. The monoisotopic (exact) mass is 456 g/mol. The van der Waals surface area contributed by atoms with E-state index in [1.54, 1.807) is 11.0 Å². The molecule has 1 aliphatic heterocycles. The molecule has 0 unspecified atom stereocenters. The van der Waals surface area contributed by atoms with Gasteiger partial charge in [0.25, 0.3) is 0 Å². The number of nitrogens with one attached hydrogen (secondary N) is 2. The van der Waals surface area contributed by atoms with E-state index in [4.69, 9.17) is 9.47 Å². The van der Waals surface area contributed by atoms with E-state index in [1.165, 1.54) is 18.5 Å². The molecule has 1 saturated heterocycles. The Bertz CT molecular complexity index is 1030. The molecule has 2 aromatic rings. The Morgan fingerprint density at radius 1 is 1.24 bits per heavy atom. The number of hydrogen-bond acceptors (Lipinski definition) is 8. The Morgan fingerprint density at radius 3 is 2.61 bits per heavy atom. The summed E-state index contributed by atoms with van der Waals surface area (Å²) in [4.78, 5) is 22.2. The maximum atomic E-state index is 14.5. The number of carbonyl (C=O) groups excluding carboxylic acids is 1. The van der Waals surface area contributed by atoms with Crippen molar-refractivity contribution in [1.82, 2.24) is 14.9 Å². The van der Waals surface area contributed by atoms with Crippen molar-refractivity contribution in [2.24, 2.45) is 0 Å². The predicted molar refractivity (Wildman–Crippen MR) is 122 cm³/mol. The summed E-state index contributed by atoms with van der Waals surface area (Å²) in [6, 6.07) is 6.28. The quantitative estimate of drug-likeness (QED) is 0.656. The van der Waals surface area contributed by atoms with Crippen molar-refractivity contribution in [3.05, 3.63) is 35.9 Å². The number of aromatic nitrogens is 2. The lowest BCUT2D eigenvalue weighted by molar-refractivity contribution is 0.0123. The second-order valence-electron chi connectivity index (χ2n) is 8.67. The first-order chi connectivity index (χ1) is 15.7. The molecular formula is C23H29FN6O3. The largest absolute Gasteiger partial charge is 0.474 e. The molecule has 10 heteroatoms. The summed E-state index contributed by atoms with van der Waals surface area (Å²) in [5.41, 5.74) is 0.409. The Morgan fingerprint density at radius 2 is 1.97 bits per heavy atom. The number of piperidine rings is 1. The van der Waals surface area contributed by atoms with Gasteiger partial charge in [-0.2, -0.15) is 5.26 Å². The van der Waals surface area contributed by atoms with E-state index in [0.29, 0.717) is 49.9 Å². The minimum Gasteiger partial charge on any atom is -0.474 e. The summed E-state index contributed by atoms with van der Waals surface area (Å²) in [5.74, 6) is 0.144. The molecule has 1 aromatic heterocycles. The van der Waals surface area contributed by atoms with Crippen molar-refractivity contribution in [2.45, 2.75) is 52.2 Å². The second-order valence-corrected chi connectivity index (χ2v) is 8.67. The molecule has 1 amide bonds. The van der Waals surface area contributed by atoms with Gasteiger partial charge < -0.3 is 25.0 Å². The lowest BCUT2D eigenvalue weighted by atomic mass is 10.1. The molecule has 0 spiro atoms. The minimum absolute atomic E-state index is 0.113. The molecule has 9 nitrogen and oxygen atoms in total. The molecule has 0 aliphatic carbocycles. The molecule has 0 saturated carbocycles. The van der Waals surface area contributed by atoms with Crippen LogP contribution in [-0.4, -0.2) is 52.3 Å². The van der Waals surface area contributed by atoms with E-state index in [-0.39, 0.29) is 23.4 Å². The third kappa shape index (κ3) is 6.68.